The molecule has 1 aliphatic heterocycles. The fourth-order valence-corrected chi connectivity index (χ4v) is 3.08. The number of Topliss-reactive ketones (excluding diaryl/α,β-unsaturated/α-hetero) is 1. The van der Waals surface area contributed by atoms with Gasteiger partial charge in [0.15, 0.2) is 0 Å². The fraction of sp³-hybridized carbons (Fsp3) is 0.391. The molecule has 2 aromatic rings. The summed E-state index contributed by atoms with van der Waals surface area (Å²) < 4.78 is 5.16. The average molecular weight is 352 g/mol. The lowest BCUT2D eigenvalue weighted by atomic mass is 9.92. The molecule has 2 aromatic carbocycles. The van der Waals surface area contributed by atoms with Crippen LogP contribution >= 0.6 is 0 Å². The van der Waals surface area contributed by atoms with Crippen LogP contribution in [0.4, 0.5) is 0 Å². The Bertz CT molecular complexity index is 679. The second kappa shape index (κ2) is 10.5. The molecule has 0 N–H and O–H groups in total. The highest BCUT2D eigenvalue weighted by molar-refractivity contribution is 5.86. The standard InChI is InChI=1S/C12H12O3.C11H16/c1-8(13)10-7-11(14)15-12(10)9-5-3-2-4-6-9;1-2-3-5-8-11-9-6-4-7-10-11/h2-6,10,12H,7H2,1H3;4,6-7,9-10H,2-3,5,8H2,1H3/t10-,12?;/m1./s1. The zero-order chi connectivity index (χ0) is 18.8. The topological polar surface area (TPSA) is 43.4 Å². The van der Waals surface area contributed by atoms with E-state index < -0.39 is 6.10 Å². The maximum Gasteiger partial charge on any atom is 0.307 e. The van der Waals surface area contributed by atoms with Crippen molar-refractivity contribution in [3.05, 3.63) is 71.8 Å². The molecule has 1 aliphatic rings. The zero-order valence-electron chi connectivity index (χ0n) is 15.7. The van der Waals surface area contributed by atoms with E-state index in [1.165, 1.54) is 38.2 Å². The van der Waals surface area contributed by atoms with E-state index in [2.05, 4.69) is 37.3 Å². The van der Waals surface area contributed by atoms with Crippen LogP contribution in [0.3, 0.4) is 0 Å². The van der Waals surface area contributed by atoms with Crippen LogP contribution in [0.5, 0.6) is 0 Å². The van der Waals surface area contributed by atoms with E-state index >= 15 is 0 Å². The van der Waals surface area contributed by atoms with Crippen LogP contribution < -0.4 is 0 Å². The molecule has 3 heteroatoms. The molecule has 1 unspecified atom stereocenters. The van der Waals surface area contributed by atoms with Crippen molar-refractivity contribution >= 4 is 11.8 Å². The summed E-state index contributed by atoms with van der Waals surface area (Å²) in [4.78, 5) is 22.5. The molecule has 1 fully saturated rings. The molecule has 26 heavy (non-hydrogen) atoms. The summed E-state index contributed by atoms with van der Waals surface area (Å²) in [6.45, 7) is 3.74. The first kappa shape index (κ1) is 19.9. The number of ether oxygens (including phenoxy) is 1. The first-order valence-corrected chi connectivity index (χ1v) is 9.40. The quantitative estimate of drug-likeness (QED) is 0.523. The predicted molar refractivity (Wildman–Crippen MR) is 104 cm³/mol. The Morgan fingerprint density at radius 1 is 1.00 bits per heavy atom. The Kier molecular flexibility index (Phi) is 8.07. The third kappa shape index (κ3) is 6.14. The lowest BCUT2D eigenvalue weighted by Gasteiger charge is -2.14. The summed E-state index contributed by atoms with van der Waals surface area (Å²) in [6.07, 6.45) is 5.06. The van der Waals surface area contributed by atoms with Gasteiger partial charge in [0.25, 0.3) is 0 Å². The van der Waals surface area contributed by atoms with Gasteiger partial charge >= 0.3 is 5.97 Å². The van der Waals surface area contributed by atoms with E-state index in [1.807, 2.05) is 30.3 Å². The highest BCUT2D eigenvalue weighted by Gasteiger charge is 2.38. The second-order valence-electron chi connectivity index (χ2n) is 6.69. The van der Waals surface area contributed by atoms with Crippen molar-refractivity contribution in [3.63, 3.8) is 0 Å². The molecule has 2 atom stereocenters. The number of benzene rings is 2. The van der Waals surface area contributed by atoms with E-state index in [1.54, 1.807) is 0 Å². The van der Waals surface area contributed by atoms with Gasteiger partial charge < -0.3 is 4.74 Å². The lowest BCUT2D eigenvalue weighted by Crippen LogP contribution is -2.15. The monoisotopic (exact) mass is 352 g/mol. The summed E-state index contributed by atoms with van der Waals surface area (Å²) >= 11 is 0. The maximum atomic E-state index is 11.3. The number of carbonyl (C=O) groups is 2. The van der Waals surface area contributed by atoms with Crippen molar-refractivity contribution in [3.8, 4) is 0 Å². The minimum Gasteiger partial charge on any atom is -0.457 e. The van der Waals surface area contributed by atoms with Crippen molar-refractivity contribution in [1.29, 1.82) is 0 Å². The molecule has 0 saturated carbocycles. The smallest absolute Gasteiger partial charge is 0.307 e. The maximum absolute atomic E-state index is 11.3. The Balaban J connectivity index is 0.000000197. The Hall–Kier alpha value is -2.42. The first-order chi connectivity index (χ1) is 12.6. The van der Waals surface area contributed by atoms with E-state index in [-0.39, 0.29) is 24.1 Å². The van der Waals surface area contributed by atoms with E-state index in [9.17, 15) is 9.59 Å². The van der Waals surface area contributed by atoms with Crippen LogP contribution in [0.1, 0.15) is 56.8 Å². The van der Waals surface area contributed by atoms with Gasteiger partial charge in [0.1, 0.15) is 11.9 Å². The summed E-state index contributed by atoms with van der Waals surface area (Å²) in [5, 5.41) is 0. The number of cyclic esters (lactones) is 1. The second-order valence-corrected chi connectivity index (χ2v) is 6.69. The number of carbonyl (C=O) groups excluding carboxylic acids is 2. The number of rotatable bonds is 6. The molecule has 3 nitrogen and oxygen atoms in total. The summed E-state index contributed by atoms with van der Waals surface area (Å²) in [5.41, 5.74) is 2.37. The number of aryl methyl sites for hydroxylation is 1. The van der Waals surface area contributed by atoms with Crippen molar-refractivity contribution < 1.29 is 14.3 Å². The minimum absolute atomic E-state index is 0.00898. The van der Waals surface area contributed by atoms with Crippen molar-refractivity contribution in [2.24, 2.45) is 5.92 Å². The van der Waals surface area contributed by atoms with E-state index in [0.717, 1.165) is 5.56 Å². The lowest BCUT2D eigenvalue weighted by molar-refractivity contribution is -0.141. The van der Waals surface area contributed by atoms with Gasteiger partial charge in [-0.2, -0.15) is 0 Å². The number of hydrogen-bond donors (Lipinski definition) is 0. The molecule has 0 spiro atoms. The summed E-state index contributed by atoms with van der Waals surface area (Å²) in [5.74, 6) is -0.598. The molecule has 0 bridgehead atoms. The molecule has 0 radical (unpaired) electrons. The molecule has 1 saturated heterocycles. The van der Waals surface area contributed by atoms with Gasteiger partial charge in [-0.05, 0) is 30.9 Å². The number of esters is 1. The van der Waals surface area contributed by atoms with Crippen molar-refractivity contribution in [2.75, 3.05) is 0 Å². The highest BCUT2D eigenvalue weighted by Crippen LogP contribution is 2.35. The first-order valence-electron chi connectivity index (χ1n) is 9.40. The molecule has 1 heterocycles. The van der Waals surface area contributed by atoms with Crippen molar-refractivity contribution in [1.82, 2.24) is 0 Å². The molecule has 138 valence electrons. The van der Waals surface area contributed by atoms with Gasteiger partial charge in [-0.3, -0.25) is 9.59 Å². The highest BCUT2D eigenvalue weighted by atomic mass is 16.6. The van der Waals surface area contributed by atoms with Gasteiger partial charge in [0.2, 0.25) is 0 Å². The number of hydrogen-bond acceptors (Lipinski definition) is 3. The molecule has 3 rings (SSSR count). The zero-order valence-corrected chi connectivity index (χ0v) is 15.7. The third-order valence-electron chi connectivity index (χ3n) is 4.57. The average Bonchev–Trinajstić information content (AvgIpc) is 3.06. The Labute approximate surface area is 156 Å². The van der Waals surface area contributed by atoms with Gasteiger partial charge in [-0.25, -0.2) is 0 Å². The van der Waals surface area contributed by atoms with Crippen LogP contribution in [0.25, 0.3) is 0 Å². The van der Waals surface area contributed by atoms with E-state index in [0.29, 0.717) is 0 Å². The molecule has 0 aliphatic carbocycles. The van der Waals surface area contributed by atoms with Crippen LogP contribution in [0, 0.1) is 5.92 Å². The molecular weight excluding hydrogens is 324 g/mol. The van der Waals surface area contributed by atoms with Crippen molar-refractivity contribution in [2.45, 2.75) is 52.1 Å². The number of ketones is 1. The Morgan fingerprint density at radius 2 is 1.62 bits per heavy atom. The fourth-order valence-electron chi connectivity index (χ4n) is 3.08. The van der Waals surface area contributed by atoms with Gasteiger partial charge in [0, 0.05) is 0 Å². The van der Waals surface area contributed by atoms with E-state index in [4.69, 9.17) is 4.74 Å². The third-order valence-corrected chi connectivity index (χ3v) is 4.57. The largest absolute Gasteiger partial charge is 0.457 e. The van der Waals surface area contributed by atoms with Crippen LogP contribution in [0.15, 0.2) is 60.7 Å². The predicted octanol–water partition coefficient (Wildman–Crippen LogP) is 5.30. The van der Waals surface area contributed by atoms with Gasteiger partial charge in [0.05, 0.1) is 12.3 Å². The van der Waals surface area contributed by atoms with Crippen LogP contribution in [0.2, 0.25) is 0 Å². The number of unbranched alkanes of at least 4 members (excludes halogenated alkanes) is 2. The van der Waals surface area contributed by atoms with Gasteiger partial charge in [-0.1, -0.05) is 80.4 Å². The summed E-state index contributed by atoms with van der Waals surface area (Å²) in [6, 6.07) is 20.1. The summed E-state index contributed by atoms with van der Waals surface area (Å²) in [7, 11) is 0. The molecule has 0 aromatic heterocycles. The molecular formula is C23H28O3. The minimum atomic E-state index is -0.392. The van der Waals surface area contributed by atoms with Crippen LogP contribution in [-0.4, -0.2) is 11.8 Å². The van der Waals surface area contributed by atoms with Gasteiger partial charge in [-0.15, -0.1) is 0 Å². The van der Waals surface area contributed by atoms with Crippen LogP contribution in [-0.2, 0) is 20.7 Å². The Morgan fingerprint density at radius 3 is 2.19 bits per heavy atom. The SMILES string of the molecule is CC(=O)[C@H]1CC(=O)OC1c1ccccc1.CCCCCc1ccccc1. The molecule has 0 amide bonds. The normalized spacial score (nSPS) is 18.6.